The minimum atomic E-state index is -1.29. The van der Waals surface area contributed by atoms with Gasteiger partial charge in [-0.25, -0.2) is 9.59 Å². The van der Waals surface area contributed by atoms with Crippen molar-refractivity contribution in [1.29, 1.82) is 0 Å². The predicted octanol–water partition coefficient (Wildman–Crippen LogP) is 7.11. The highest BCUT2D eigenvalue weighted by atomic mass is 16.6. The van der Waals surface area contributed by atoms with E-state index >= 15 is 0 Å². The summed E-state index contributed by atoms with van der Waals surface area (Å²) >= 11 is 0. The molecule has 5 amide bonds. The lowest BCUT2D eigenvalue weighted by atomic mass is 10.00. The van der Waals surface area contributed by atoms with Gasteiger partial charge in [0, 0.05) is 25.6 Å². The highest BCUT2D eigenvalue weighted by Crippen LogP contribution is 2.26. The first-order valence-electron chi connectivity index (χ1n) is 22.7. The van der Waals surface area contributed by atoms with Gasteiger partial charge < -0.3 is 45.1 Å². The molecule has 0 radical (unpaired) electrons. The van der Waals surface area contributed by atoms with Gasteiger partial charge in [0.1, 0.15) is 41.3 Å². The Morgan fingerprint density at radius 3 is 1.78 bits per heavy atom. The molecule has 0 fully saturated rings. The lowest BCUT2D eigenvalue weighted by Gasteiger charge is -2.32. The minimum Gasteiger partial charge on any atom is -0.497 e. The number of unbranched alkanes of at least 4 members (excludes halogenated alkanes) is 2. The van der Waals surface area contributed by atoms with Gasteiger partial charge in [-0.1, -0.05) is 74.0 Å². The third kappa shape index (κ3) is 16.5. The van der Waals surface area contributed by atoms with Gasteiger partial charge in [-0.05, 0) is 124 Å². The molecule has 360 valence electrons. The fourth-order valence-electron chi connectivity index (χ4n) is 7.23. The highest BCUT2D eigenvalue weighted by Gasteiger charge is 2.35. The molecule has 0 bridgehead atoms. The Hall–Kier alpha value is -6.90. The van der Waals surface area contributed by atoms with E-state index in [2.05, 4.69) is 52.5 Å². The second-order valence-electron chi connectivity index (χ2n) is 17.3. The van der Waals surface area contributed by atoms with E-state index in [-0.39, 0.29) is 19.4 Å². The van der Waals surface area contributed by atoms with E-state index in [4.69, 9.17) is 18.9 Å². The Labute approximate surface area is 394 Å². The molecule has 0 aliphatic heterocycles. The zero-order chi connectivity index (χ0) is 49.1. The molecule has 0 saturated heterocycles. The van der Waals surface area contributed by atoms with Crippen LogP contribution in [0.2, 0.25) is 0 Å². The Balaban J connectivity index is 1.56. The fraction of sp³-hybridized carbons (Fsp3) is 0.423. The van der Waals surface area contributed by atoms with Crippen molar-refractivity contribution >= 4 is 35.7 Å². The van der Waals surface area contributed by atoms with Crippen LogP contribution in [-0.2, 0) is 41.5 Å². The first kappa shape index (κ1) is 52.7. The lowest BCUT2D eigenvalue weighted by molar-refractivity contribution is -0.145. The molecule has 4 aromatic carbocycles. The molecule has 4 atom stereocenters. The number of hydrogen-bond donors (Lipinski definition) is 4. The molecule has 4 N–H and O–H groups in total. The Morgan fingerprint density at radius 2 is 1.22 bits per heavy atom. The van der Waals surface area contributed by atoms with Gasteiger partial charge in [-0.3, -0.25) is 19.2 Å². The van der Waals surface area contributed by atoms with E-state index in [0.717, 1.165) is 36.0 Å². The summed E-state index contributed by atoms with van der Waals surface area (Å²) in [4.78, 5) is 82.9. The molecule has 0 saturated carbocycles. The SMILES string of the molecule is CCCCc1ccc(-c2ccc(C(=O)N[C@@H](CCCCNC(=O)OC(C)(C)C)C(=O)N(C)[C@H](C(=O)N[C@@H](C)C(=O)N[C@@H](Cc3ccc(OC)cc3)C(=O)OC)c3ccc(OC)cc3)cc2)cc1. The number of carbonyl (C=O) groups excluding carboxylic acids is 6. The summed E-state index contributed by atoms with van der Waals surface area (Å²) in [6.45, 7) is 9.18. The molecule has 0 heterocycles. The molecular weight excluding hydrogens is 855 g/mol. The monoisotopic (exact) mass is 921 g/mol. The summed E-state index contributed by atoms with van der Waals surface area (Å²) in [7, 11) is 5.71. The number of nitrogens with zero attached hydrogens (tertiary/aromatic N) is 1. The fourth-order valence-corrected chi connectivity index (χ4v) is 7.23. The number of esters is 1. The maximum atomic E-state index is 14.7. The van der Waals surface area contributed by atoms with Crippen LogP contribution in [0.5, 0.6) is 11.5 Å². The predicted molar refractivity (Wildman–Crippen MR) is 257 cm³/mol. The first-order valence-corrected chi connectivity index (χ1v) is 22.7. The first-order chi connectivity index (χ1) is 32.0. The van der Waals surface area contributed by atoms with Crippen LogP contribution in [0, 0.1) is 0 Å². The van der Waals surface area contributed by atoms with E-state index in [0.29, 0.717) is 35.5 Å². The summed E-state index contributed by atoms with van der Waals surface area (Å²) in [6.07, 6.45) is 3.80. The van der Waals surface area contributed by atoms with Crippen molar-refractivity contribution in [3.63, 3.8) is 0 Å². The average molecular weight is 922 g/mol. The molecule has 0 aromatic heterocycles. The second-order valence-corrected chi connectivity index (χ2v) is 17.3. The molecule has 15 nitrogen and oxygen atoms in total. The average Bonchev–Trinajstić information content (AvgIpc) is 3.32. The number of rotatable bonds is 23. The van der Waals surface area contributed by atoms with E-state index in [9.17, 15) is 28.8 Å². The number of likely N-dealkylation sites (N-methyl/N-ethyl adjacent to an activating group) is 1. The van der Waals surface area contributed by atoms with Crippen molar-refractivity contribution in [1.82, 2.24) is 26.2 Å². The smallest absolute Gasteiger partial charge is 0.407 e. The maximum absolute atomic E-state index is 14.7. The number of hydrogen-bond acceptors (Lipinski definition) is 10. The maximum Gasteiger partial charge on any atom is 0.407 e. The lowest BCUT2D eigenvalue weighted by Crippen LogP contribution is -2.54. The van der Waals surface area contributed by atoms with E-state index < -0.39 is 65.5 Å². The van der Waals surface area contributed by atoms with Crippen LogP contribution < -0.4 is 30.7 Å². The molecule has 0 unspecified atom stereocenters. The van der Waals surface area contributed by atoms with E-state index in [1.54, 1.807) is 81.4 Å². The normalized spacial score (nSPS) is 12.9. The molecule has 4 aromatic rings. The molecule has 15 heteroatoms. The Kier molecular flexibility index (Phi) is 20.2. The second kappa shape index (κ2) is 25.7. The number of aryl methyl sites for hydroxylation is 1. The molecule has 4 rings (SSSR count). The topological polar surface area (TPSA) is 191 Å². The molecular formula is C52H67N5O10. The number of amides is 5. The van der Waals surface area contributed by atoms with Gasteiger partial charge >= 0.3 is 12.1 Å². The number of carbonyl (C=O) groups is 6. The number of alkyl carbamates (subject to hydrolysis) is 1. The number of benzene rings is 4. The van der Waals surface area contributed by atoms with Crippen LogP contribution in [0.3, 0.4) is 0 Å². The van der Waals surface area contributed by atoms with Crippen LogP contribution in [0.4, 0.5) is 4.79 Å². The van der Waals surface area contributed by atoms with Crippen LogP contribution in [0.1, 0.15) is 99.8 Å². The van der Waals surface area contributed by atoms with Crippen molar-refractivity contribution in [2.45, 2.75) is 109 Å². The zero-order valence-corrected chi connectivity index (χ0v) is 40.2. The number of methoxy groups -OCH3 is 3. The highest BCUT2D eigenvalue weighted by molar-refractivity contribution is 5.99. The van der Waals surface area contributed by atoms with Gasteiger partial charge in [-0.2, -0.15) is 0 Å². The third-order valence-electron chi connectivity index (χ3n) is 11.0. The quantitative estimate of drug-likeness (QED) is 0.0441. The molecule has 67 heavy (non-hydrogen) atoms. The van der Waals surface area contributed by atoms with Crippen molar-refractivity contribution in [2.24, 2.45) is 0 Å². The standard InChI is InChI=1S/C52H67N5O10/c1-10-11-14-35-16-20-37(21-17-35)38-22-24-40(25-23-38)47(59)55-43(15-12-13-32-53-51(63)67-52(3,4)5)49(61)57(6)45(39-26-30-42(65-8)31-27-39)48(60)54-34(2)46(58)56-44(50(62)66-9)33-36-18-28-41(64-7)29-19-36/h16-31,34,43-45H,10-15,32-33H2,1-9H3,(H,53,63)(H,54,60)(H,55,59)(H,56,58)/t34-,43-,44-,45-/m0/s1. The van der Waals surface area contributed by atoms with Crippen molar-refractivity contribution in [3.8, 4) is 22.6 Å². The van der Waals surface area contributed by atoms with Crippen LogP contribution in [-0.4, -0.2) is 99.2 Å². The minimum absolute atomic E-state index is 0.107. The summed E-state index contributed by atoms with van der Waals surface area (Å²) < 4.78 is 20.9. The van der Waals surface area contributed by atoms with Crippen LogP contribution in [0.15, 0.2) is 97.1 Å². The molecule has 0 spiro atoms. The van der Waals surface area contributed by atoms with Gasteiger partial charge in [-0.15, -0.1) is 0 Å². The summed E-state index contributed by atoms with van der Waals surface area (Å²) in [5.74, 6) is -1.98. The molecule has 0 aliphatic rings. The number of nitrogens with one attached hydrogen (secondary N) is 4. The Morgan fingerprint density at radius 1 is 0.657 bits per heavy atom. The summed E-state index contributed by atoms with van der Waals surface area (Å²) in [5, 5.41) is 11.0. The van der Waals surface area contributed by atoms with Gasteiger partial charge in [0.05, 0.1) is 21.3 Å². The summed E-state index contributed by atoms with van der Waals surface area (Å²) in [5.41, 5.74) is 3.98. The summed E-state index contributed by atoms with van der Waals surface area (Å²) in [6, 6.07) is 24.4. The van der Waals surface area contributed by atoms with Crippen molar-refractivity contribution in [2.75, 3.05) is 34.9 Å². The van der Waals surface area contributed by atoms with Gasteiger partial charge in [0.25, 0.3) is 5.91 Å². The molecule has 0 aliphatic carbocycles. The third-order valence-corrected chi connectivity index (χ3v) is 11.0. The van der Waals surface area contributed by atoms with Crippen LogP contribution in [0.25, 0.3) is 11.1 Å². The zero-order valence-electron chi connectivity index (χ0n) is 40.2. The van der Waals surface area contributed by atoms with E-state index in [1.807, 2.05) is 12.1 Å². The van der Waals surface area contributed by atoms with E-state index in [1.165, 1.54) is 45.8 Å². The van der Waals surface area contributed by atoms with Crippen LogP contribution >= 0.6 is 0 Å². The van der Waals surface area contributed by atoms with Crippen molar-refractivity contribution < 1.29 is 47.7 Å². The van der Waals surface area contributed by atoms with Crippen molar-refractivity contribution in [3.05, 3.63) is 119 Å². The van der Waals surface area contributed by atoms with Gasteiger partial charge in [0.15, 0.2) is 0 Å². The Bertz CT molecular complexity index is 2240. The van der Waals surface area contributed by atoms with Gasteiger partial charge in [0.2, 0.25) is 17.7 Å². The largest absolute Gasteiger partial charge is 0.497 e. The number of ether oxygens (including phenoxy) is 4.